The molecule has 3 heterocycles. The smallest absolute Gasteiger partial charge is 0.237 e. The molecule has 0 atom stereocenters. The first-order chi connectivity index (χ1) is 12.7. The van der Waals surface area contributed by atoms with Gasteiger partial charge in [-0.15, -0.1) is 10.2 Å². The van der Waals surface area contributed by atoms with Crippen molar-refractivity contribution in [3.05, 3.63) is 54.6 Å². The molecule has 4 aromatic rings. The number of carbonyl (C=O) groups is 1. The molecule has 0 N–H and O–H groups in total. The molecule has 26 heavy (non-hydrogen) atoms. The topological polar surface area (TPSA) is 63.6 Å². The summed E-state index contributed by atoms with van der Waals surface area (Å²) in [4.78, 5) is 14.5. The molecule has 6 nitrogen and oxygen atoms in total. The predicted molar refractivity (Wildman–Crippen MR) is 103 cm³/mol. The molecule has 0 radical (unpaired) electrons. The molecule has 0 fully saturated rings. The van der Waals surface area contributed by atoms with Gasteiger partial charge in [0.2, 0.25) is 5.91 Å². The SMILES string of the molecule is CCN(C(=O)CSc1nncn2c1cc1occc12)c1cccc(C)c1. The highest BCUT2D eigenvalue weighted by Gasteiger charge is 2.17. The fraction of sp³-hybridized carbons (Fsp3) is 0.211. The van der Waals surface area contributed by atoms with Crippen molar-refractivity contribution in [1.29, 1.82) is 0 Å². The Morgan fingerprint density at radius 3 is 2.96 bits per heavy atom. The van der Waals surface area contributed by atoms with Crippen LogP contribution in [0.2, 0.25) is 0 Å². The van der Waals surface area contributed by atoms with E-state index in [0.717, 1.165) is 27.9 Å². The lowest BCUT2D eigenvalue weighted by molar-refractivity contribution is -0.116. The molecule has 132 valence electrons. The Balaban J connectivity index is 1.56. The molecule has 0 saturated heterocycles. The molecule has 3 aromatic heterocycles. The van der Waals surface area contributed by atoms with Gasteiger partial charge in [0.05, 0.1) is 23.0 Å². The van der Waals surface area contributed by atoms with E-state index in [4.69, 9.17) is 4.42 Å². The summed E-state index contributed by atoms with van der Waals surface area (Å²) in [6, 6.07) is 11.8. The number of furan rings is 1. The number of amides is 1. The van der Waals surface area contributed by atoms with E-state index in [2.05, 4.69) is 10.2 Å². The number of benzene rings is 1. The number of carbonyl (C=O) groups excluding carboxylic acids is 1. The lowest BCUT2D eigenvalue weighted by Crippen LogP contribution is -2.32. The average molecular weight is 366 g/mol. The van der Waals surface area contributed by atoms with Crippen LogP contribution in [0.25, 0.3) is 16.6 Å². The predicted octanol–water partition coefficient (Wildman–Crippen LogP) is 3.93. The van der Waals surface area contributed by atoms with Gasteiger partial charge < -0.3 is 9.32 Å². The summed E-state index contributed by atoms with van der Waals surface area (Å²) in [6.45, 7) is 4.62. The molecule has 7 heteroatoms. The van der Waals surface area contributed by atoms with Gasteiger partial charge in [0.25, 0.3) is 0 Å². The van der Waals surface area contributed by atoms with Crippen molar-refractivity contribution in [3.63, 3.8) is 0 Å². The van der Waals surface area contributed by atoms with Crippen molar-refractivity contribution in [1.82, 2.24) is 14.6 Å². The third-order valence-electron chi connectivity index (χ3n) is 4.26. The second kappa shape index (κ2) is 6.84. The summed E-state index contributed by atoms with van der Waals surface area (Å²) in [6.07, 6.45) is 3.30. The monoisotopic (exact) mass is 366 g/mol. The Kier molecular flexibility index (Phi) is 4.38. The van der Waals surface area contributed by atoms with Crippen molar-refractivity contribution in [3.8, 4) is 0 Å². The second-order valence-corrected chi connectivity index (χ2v) is 6.94. The number of thioether (sulfide) groups is 1. The van der Waals surface area contributed by atoms with Crippen LogP contribution in [0.3, 0.4) is 0 Å². The largest absolute Gasteiger partial charge is 0.463 e. The number of nitrogens with zero attached hydrogens (tertiary/aromatic N) is 4. The highest BCUT2D eigenvalue weighted by atomic mass is 32.2. The van der Waals surface area contributed by atoms with Crippen molar-refractivity contribution in [2.75, 3.05) is 17.2 Å². The summed E-state index contributed by atoms with van der Waals surface area (Å²) in [7, 11) is 0. The number of rotatable bonds is 5. The first kappa shape index (κ1) is 16.7. The average Bonchev–Trinajstić information content (AvgIpc) is 3.22. The van der Waals surface area contributed by atoms with Crippen LogP contribution in [0.4, 0.5) is 5.69 Å². The van der Waals surface area contributed by atoms with E-state index in [1.54, 1.807) is 17.5 Å². The molecular formula is C19H18N4O2S. The first-order valence-corrected chi connectivity index (χ1v) is 9.35. The minimum Gasteiger partial charge on any atom is -0.463 e. The normalized spacial score (nSPS) is 11.3. The molecule has 0 aliphatic rings. The van der Waals surface area contributed by atoms with Crippen LogP contribution in [0.5, 0.6) is 0 Å². The number of anilines is 1. The standard InChI is InChI=1S/C19H18N4O2S/c1-3-22(14-6-4-5-13(2)9-14)18(24)11-26-19-16-10-17-15(7-8-25-17)23(16)12-20-21-19/h4-10,12H,3,11H2,1-2H3. The molecule has 0 saturated carbocycles. The molecule has 1 amide bonds. The maximum atomic E-state index is 12.7. The van der Waals surface area contributed by atoms with Crippen LogP contribution in [-0.4, -0.2) is 32.8 Å². The zero-order valence-electron chi connectivity index (χ0n) is 14.5. The van der Waals surface area contributed by atoms with Gasteiger partial charge in [0.15, 0.2) is 5.58 Å². The Bertz CT molecular complexity index is 1090. The summed E-state index contributed by atoms with van der Waals surface area (Å²) >= 11 is 1.39. The van der Waals surface area contributed by atoms with E-state index >= 15 is 0 Å². The quantitative estimate of drug-likeness (QED) is 0.501. The van der Waals surface area contributed by atoms with Crippen LogP contribution < -0.4 is 4.90 Å². The molecule has 0 aliphatic carbocycles. The Labute approximate surface area is 154 Å². The lowest BCUT2D eigenvalue weighted by atomic mass is 10.2. The third kappa shape index (κ3) is 2.94. The Morgan fingerprint density at radius 2 is 2.15 bits per heavy atom. The van der Waals surface area contributed by atoms with Crippen molar-refractivity contribution < 1.29 is 9.21 Å². The first-order valence-electron chi connectivity index (χ1n) is 8.37. The third-order valence-corrected chi connectivity index (χ3v) is 5.21. The van der Waals surface area contributed by atoms with Crippen molar-refractivity contribution in [2.45, 2.75) is 18.9 Å². The van der Waals surface area contributed by atoms with Crippen molar-refractivity contribution >= 4 is 40.0 Å². The van der Waals surface area contributed by atoms with Crippen LogP contribution in [0.1, 0.15) is 12.5 Å². The zero-order valence-corrected chi connectivity index (χ0v) is 15.4. The van der Waals surface area contributed by atoms with Gasteiger partial charge in [-0.05, 0) is 31.5 Å². The van der Waals surface area contributed by atoms with Crippen LogP contribution >= 0.6 is 11.8 Å². The van der Waals surface area contributed by atoms with E-state index < -0.39 is 0 Å². The summed E-state index contributed by atoms with van der Waals surface area (Å²) in [5.74, 6) is 0.338. The number of hydrogen-bond acceptors (Lipinski definition) is 5. The summed E-state index contributed by atoms with van der Waals surface area (Å²) in [5.41, 5.74) is 4.67. The van der Waals surface area contributed by atoms with Gasteiger partial charge >= 0.3 is 0 Å². The lowest BCUT2D eigenvalue weighted by Gasteiger charge is -2.21. The number of hydrogen-bond donors (Lipinski definition) is 0. The van der Waals surface area contributed by atoms with Gasteiger partial charge in [0, 0.05) is 24.4 Å². The molecule has 0 aliphatic heterocycles. The van der Waals surface area contributed by atoms with Gasteiger partial charge in [-0.1, -0.05) is 23.9 Å². The fourth-order valence-corrected chi connectivity index (χ4v) is 3.85. The minimum atomic E-state index is 0.0437. The number of aromatic nitrogens is 3. The molecule has 4 rings (SSSR count). The molecule has 0 spiro atoms. The molecular weight excluding hydrogens is 348 g/mol. The minimum absolute atomic E-state index is 0.0437. The number of fused-ring (bicyclic) bond motifs is 3. The second-order valence-electron chi connectivity index (χ2n) is 5.97. The van der Waals surface area contributed by atoms with Crippen LogP contribution in [0.15, 0.2) is 58.4 Å². The van der Waals surface area contributed by atoms with E-state index in [0.29, 0.717) is 17.3 Å². The van der Waals surface area contributed by atoms with Gasteiger partial charge in [-0.3, -0.25) is 9.20 Å². The van der Waals surface area contributed by atoms with Gasteiger partial charge in [0.1, 0.15) is 11.4 Å². The maximum absolute atomic E-state index is 12.7. The van der Waals surface area contributed by atoms with Crippen LogP contribution in [-0.2, 0) is 4.79 Å². The number of aryl methyl sites for hydroxylation is 1. The summed E-state index contributed by atoms with van der Waals surface area (Å²) in [5, 5.41) is 8.97. The fourth-order valence-electron chi connectivity index (χ4n) is 3.02. The van der Waals surface area contributed by atoms with Gasteiger partial charge in [-0.25, -0.2) is 0 Å². The highest BCUT2D eigenvalue weighted by Crippen LogP contribution is 2.28. The molecule has 1 aromatic carbocycles. The molecule has 0 unspecified atom stereocenters. The highest BCUT2D eigenvalue weighted by molar-refractivity contribution is 8.00. The Hall–Kier alpha value is -2.80. The maximum Gasteiger partial charge on any atom is 0.237 e. The summed E-state index contributed by atoms with van der Waals surface area (Å²) < 4.78 is 7.37. The molecule has 0 bridgehead atoms. The van der Waals surface area contributed by atoms with E-state index in [-0.39, 0.29) is 5.91 Å². The Morgan fingerprint density at radius 1 is 1.27 bits per heavy atom. The van der Waals surface area contributed by atoms with E-state index in [1.165, 1.54) is 11.8 Å². The van der Waals surface area contributed by atoms with Crippen LogP contribution in [0, 0.1) is 6.92 Å². The van der Waals surface area contributed by atoms with Crippen molar-refractivity contribution in [2.24, 2.45) is 0 Å². The van der Waals surface area contributed by atoms with E-state index in [1.807, 2.05) is 54.6 Å². The van der Waals surface area contributed by atoms with E-state index in [9.17, 15) is 4.79 Å². The van der Waals surface area contributed by atoms with Gasteiger partial charge in [-0.2, -0.15) is 0 Å². The zero-order chi connectivity index (χ0) is 18.1.